The van der Waals surface area contributed by atoms with Gasteiger partial charge in [0.05, 0.1) is 5.38 Å². The third-order valence-electron chi connectivity index (χ3n) is 3.49. The molecule has 0 bridgehead atoms. The van der Waals surface area contributed by atoms with Crippen molar-refractivity contribution in [2.24, 2.45) is 5.92 Å². The molecule has 0 aliphatic heterocycles. The number of halogens is 3. The van der Waals surface area contributed by atoms with Gasteiger partial charge in [0.2, 0.25) is 0 Å². The van der Waals surface area contributed by atoms with Crippen LogP contribution in [0.15, 0.2) is 36.4 Å². The lowest BCUT2D eigenvalue weighted by Crippen LogP contribution is -2.03. The predicted molar refractivity (Wildman–Crippen MR) is 83.8 cm³/mol. The molecule has 0 aliphatic carbocycles. The second-order valence-corrected chi connectivity index (χ2v) is 6.23. The van der Waals surface area contributed by atoms with Gasteiger partial charge in [0, 0.05) is 5.56 Å². The molecule has 0 aromatic heterocycles. The Morgan fingerprint density at radius 2 is 1.62 bits per heavy atom. The van der Waals surface area contributed by atoms with Crippen molar-refractivity contribution < 1.29 is 8.78 Å². The molecule has 3 heteroatoms. The molecule has 21 heavy (non-hydrogen) atoms. The molecule has 1 atom stereocenters. The van der Waals surface area contributed by atoms with Crippen LogP contribution in [0.1, 0.15) is 41.5 Å². The van der Waals surface area contributed by atoms with Crippen molar-refractivity contribution in [1.29, 1.82) is 0 Å². The molecule has 0 saturated heterocycles. The Labute approximate surface area is 129 Å². The molecule has 0 aliphatic rings. The highest BCUT2D eigenvalue weighted by Gasteiger charge is 2.21. The van der Waals surface area contributed by atoms with Gasteiger partial charge in [-0.25, -0.2) is 8.78 Å². The third kappa shape index (κ3) is 3.62. The zero-order chi connectivity index (χ0) is 15.6. The summed E-state index contributed by atoms with van der Waals surface area (Å²) in [5, 5.41) is -0.821. The Balaban J connectivity index is 2.32. The van der Waals surface area contributed by atoms with Gasteiger partial charge in [0.1, 0.15) is 11.6 Å². The number of benzene rings is 2. The summed E-state index contributed by atoms with van der Waals surface area (Å²) < 4.78 is 28.0. The van der Waals surface area contributed by atoms with E-state index in [1.165, 1.54) is 17.7 Å². The van der Waals surface area contributed by atoms with E-state index in [0.29, 0.717) is 17.0 Å². The summed E-state index contributed by atoms with van der Waals surface area (Å²) in [6, 6.07) is 10.3. The first kappa shape index (κ1) is 16.0. The van der Waals surface area contributed by atoms with Gasteiger partial charge in [0.25, 0.3) is 0 Å². The lowest BCUT2D eigenvalue weighted by molar-refractivity contribution is 0.553. The molecule has 2 aromatic rings. The first-order valence-electron chi connectivity index (χ1n) is 7.07. The molecule has 2 rings (SSSR count). The van der Waals surface area contributed by atoms with E-state index in [9.17, 15) is 8.78 Å². The zero-order valence-corrected chi connectivity index (χ0v) is 13.2. The van der Waals surface area contributed by atoms with E-state index in [2.05, 4.69) is 13.8 Å². The fourth-order valence-corrected chi connectivity index (χ4v) is 2.72. The Morgan fingerprint density at radius 1 is 1.00 bits per heavy atom. The van der Waals surface area contributed by atoms with Crippen LogP contribution in [0, 0.1) is 24.5 Å². The zero-order valence-electron chi connectivity index (χ0n) is 12.5. The predicted octanol–water partition coefficient (Wildman–Crippen LogP) is 5.80. The molecule has 112 valence electrons. The van der Waals surface area contributed by atoms with Crippen molar-refractivity contribution in [2.45, 2.75) is 32.6 Å². The molecule has 1 unspecified atom stereocenters. The van der Waals surface area contributed by atoms with Crippen molar-refractivity contribution in [2.75, 3.05) is 0 Å². The van der Waals surface area contributed by atoms with E-state index < -0.39 is 17.0 Å². The molecule has 0 saturated carbocycles. The van der Waals surface area contributed by atoms with E-state index in [1.807, 2.05) is 24.3 Å². The molecule has 0 spiro atoms. The second-order valence-electron chi connectivity index (χ2n) is 5.79. The van der Waals surface area contributed by atoms with E-state index in [0.717, 1.165) is 6.42 Å². The maximum Gasteiger partial charge on any atom is 0.134 e. The third-order valence-corrected chi connectivity index (χ3v) is 3.96. The number of hydrogen-bond donors (Lipinski definition) is 0. The van der Waals surface area contributed by atoms with Crippen molar-refractivity contribution in [1.82, 2.24) is 0 Å². The van der Waals surface area contributed by atoms with E-state index in [-0.39, 0.29) is 5.56 Å². The van der Waals surface area contributed by atoms with Gasteiger partial charge in [-0.3, -0.25) is 0 Å². The van der Waals surface area contributed by atoms with Gasteiger partial charge in [-0.2, -0.15) is 0 Å². The van der Waals surface area contributed by atoms with Gasteiger partial charge in [-0.15, -0.1) is 11.6 Å². The summed E-state index contributed by atoms with van der Waals surface area (Å²) in [5.74, 6) is -0.611. The Bertz CT molecular complexity index is 618. The van der Waals surface area contributed by atoms with Crippen molar-refractivity contribution >= 4 is 11.6 Å². The first-order valence-corrected chi connectivity index (χ1v) is 7.51. The van der Waals surface area contributed by atoms with Crippen LogP contribution in [0.4, 0.5) is 8.78 Å². The van der Waals surface area contributed by atoms with Crippen LogP contribution in [-0.2, 0) is 6.42 Å². The van der Waals surface area contributed by atoms with Gasteiger partial charge in [-0.05, 0) is 42.0 Å². The van der Waals surface area contributed by atoms with E-state index >= 15 is 0 Å². The summed E-state index contributed by atoms with van der Waals surface area (Å²) in [7, 11) is 0. The van der Waals surface area contributed by atoms with Crippen molar-refractivity contribution in [3.05, 3.63) is 70.3 Å². The SMILES string of the molecule is Cc1ccc(F)c(C(Cl)c2ccc(CC(C)C)cc2)c1F. The van der Waals surface area contributed by atoms with Crippen LogP contribution < -0.4 is 0 Å². The van der Waals surface area contributed by atoms with Crippen molar-refractivity contribution in [3.8, 4) is 0 Å². The van der Waals surface area contributed by atoms with Crippen molar-refractivity contribution in [3.63, 3.8) is 0 Å². The average Bonchev–Trinajstić information content (AvgIpc) is 2.43. The largest absolute Gasteiger partial charge is 0.207 e. The summed E-state index contributed by atoms with van der Waals surface area (Å²) in [4.78, 5) is 0. The average molecular weight is 309 g/mol. The lowest BCUT2D eigenvalue weighted by atomic mass is 9.97. The minimum atomic E-state index is -0.821. The smallest absolute Gasteiger partial charge is 0.134 e. The minimum Gasteiger partial charge on any atom is -0.207 e. The molecule has 0 fully saturated rings. The fraction of sp³-hybridized carbons (Fsp3) is 0.333. The monoisotopic (exact) mass is 308 g/mol. The highest BCUT2D eigenvalue weighted by Crippen LogP contribution is 2.33. The summed E-state index contributed by atoms with van der Waals surface area (Å²) >= 11 is 6.29. The van der Waals surface area contributed by atoms with Gasteiger partial charge in [-0.1, -0.05) is 44.2 Å². The second kappa shape index (κ2) is 6.57. The number of alkyl halides is 1. The number of hydrogen-bond acceptors (Lipinski definition) is 0. The Hall–Kier alpha value is -1.41. The number of rotatable bonds is 4. The van der Waals surface area contributed by atoms with E-state index in [1.54, 1.807) is 6.92 Å². The van der Waals surface area contributed by atoms with Crippen LogP contribution in [0.2, 0.25) is 0 Å². The van der Waals surface area contributed by atoms with Crippen LogP contribution in [-0.4, -0.2) is 0 Å². The quantitative estimate of drug-likeness (QED) is 0.626. The first-order chi connectivity index (χ1) is 9.90. The molecule has 0 N–H and O–H groups in total. The maximum atomic E-state index is 14.1. The van der Waals surface area contributed by atoms with Gasteiger partial charge < -0.3 is 0 Å². The molecule has 0 amide bonds. The maximum absolute atomic E-state index is 14.1. The topological polar surface area (TPSA) is 0 Å². The summed E-state index contributed by atoms with van der Waals surface area (Å²) in [5.41, 5.74) is 2.22. The van der Waals surface area contributed by atoms with Crippen LogP contribution in [0.3, 0.4) is 0 Å². The lowest BCUT2D eigenvalue weighted by Gasteiger charge is -2.14. The summed E-state index contributed by atoms with van der Waals surface area (Å²) in [6.07, 6.45) is 0.973. The Morgan fingerprint density at radius 3 is 2.19 bits per heavy atom. The number of aryl methyl sites for hydroxylation is 1. The highest BCUT2D eigenvalue weighted by atomic mass is 35.5. The molecule has 0 nitrogen and oxygen atoms in total. The van der Waals surface area contributed by atoms with E-state index in [4.69, 9.17) is 11.6 Å². The standard InChI is InChI=1S/C18H19ClF2/c1-11(2)10-13-5-7-14(8-6-13)17(19)16-15(20)9-4-12(3)18(16)21/h4-9,11,17H,10H2,1-3H3. The Kier molecular flexibility index (Phi) is 5.00. The van der Waals surface area contributed by atoms with Crippen LogP contribution in [0.5, 0.6) is 0 Å². The fourth-order valence-electron chi connectivity index (χ4n) is 2.37. The molecule has 2 aromatic carbocycles. The molecular weight excluding hydrogens is 290 g/mol. The summed E-state index contributed by atoms with van der Waals surface area (Å²) in [6.45, 7) is 5.90. The van der Waals surface area contributed by atoms with Crippen LogP contribution >= 0.6 is 11.6 Å². The van der Waals surface area contributed by atoms with Gasteiger partial charge >= 0.3 is 0 Å². The normalized spacial score (nSPS) is 12.7. The molecule has 0 heterocycles. The van der Waals surface area contributed by atoms with Crippen LogP contribution in [0.25, 0.3) is 0 Å². The van der Waals surface area contributed by atoms with Gasteiger partial charge in [0.15, 0.2) is 0 Å². The highest BCUT2D eigenvalue weighted by molar-refractivity contribution is 6.22. The minimum absolute atomic E-state index is 0.0757. The molecule has 0 radical (unpaired) electrons. The molecular formula is C18H19ClF2.